The number of anilines is 2. The Morgan fingerprint density at radius 1 is 0.635 bits per heavy atom. The lowest BCUT2D eigenvalue weighted by Gasteiger charge is -2.25. The van der Waals surface area contributed by atoms with Gasteiger partial charge in [0.15, 0.2) is 0 Å². The van der Waals surface area contributed by atoms with E-state index in [4.69, 9.17) is 22.3 Å². The number of thioether (sulfide) groups is 2. The zero-order chi connectivity index (χ0) is 38.6. The highest BCUT2D eigenvalue weighted by Crippen LogP contribution is 2.43. The fraction of sp³-hybridized carbons (Fsp3) is 0.152. The third-order valence-electron chi connectivity index (χ3n) is 7.28. The van der Waals surface area contributed by atoms with E-state index < -0.39 is 30.1 Å². The molecule has 2 aromatic heterocycles. The summed E-state index contributed by atoms with van der Waals surface area (Å²) >= 11 is 4.97. The van der Waals surface area contributed by atoms with Gasteiger partial charge in [0.2, 0.25) is 0 Å². The minimum atomic E-state index is -4.52. The van der Waals surface area contributed by atoms with Crippen LogP contribution >= 0.6 is 46.2 Å². The molecule has 0 unspecified atom stereocenters. The van der Waals surface area contributed by atoms with Crippen LogP contribution in [0.5, 0.6) is 0 Å². The molecule has 0 aliphatic rings. The Kier molecular flexibility index (Phi) is 12.9. The van der Waals surface area contributed by atoms with Crippen molar-refractivity contribution in [2.75, 3.05) is 20.9 Å². The number of rotatable bonds is 12. The Labute approximate surface area is 320 Å². The van der Waals surface area contributed by atoms with Crippen LogP contribution in [0.3, 0.4) is 0 Å². The third kappa shape index (κ3) is 8.67. The van der Waals surface area contributed by atoms with Gasteiger partial charge in [-0.1, -0.05) is 54.6 Å². The van der Waals surface area contributed by atoms with E-state index >= 15 is 0 Å². The van der Waals surface area contributed by atoms with Gasteiger partial charge < -0.3 is 11.5 Å². The maximum atomic E-state index is 13.8. The fourth-order valence-corrected chi connectivity index (χ4v) is 14.0. The topological polar surface area (TPSA) is 217 Å². The first-order chi connectivity index (χ1) is 24.4. The minimum absolute atomic E-state index is 0.0470. The second kappa shape index (κ2) is 16.4. The lowest BCUT2D eigenvalue weighted by atomic mass is 10.2. The third-order valence-corrected chi connectivity index (χ3v) is 17.9. The number of nitrogens with two attached hydrogens (primary N) is 2. The molecule has 0 aliphatic heterocycles. The zero-order valence-corrected chi connectivity index (χ0v) is 34.2. The van der Waals surface area contributed by atoms with Crippen LogP contribution in [0.1, 0.15) is 26.4 Å². The molecular formula is C33H36N6O6S7. The summed E-state index contributed by atoms with van der Waals surface area (Å²) in [4.78, 5) is 0.836. The van der Waals surface area contributed by atoms with E-state index in [0.717, 1.165) is 15.5 Å². The lowest BCUT2D eigenvalue weighted by molar-refractivity contribution is 0.583. The number of sulfonamides is 3. The van der Waals surface area contributed by atoms with Crippen molar-refractivity contribution in [2.45, 2.75) is 43.9 Å². The summed E-state index contributed by atoms with van der Waals surface area (Å²) < 4.78 is 84.3. The van der Waals surface area contributed by atoms with Crippen molar-refractivity contribution >= 4 is 99.3 Å². The summed E-state index contributed by atoms with van der Waals surface area (Å²) in [7, 11) is -12.7. The van der Waals surface area contributed by atoms with Crippen LogP contribution in [0.2, 0.25) is 0 Å². The number of hydrogen-bond donors (Lipinski definition) is 5. The van der Waals surface area contributed by atoms with Crippen molar-refractivity contribution in [1.82, 2.24) is 0 Å². The number of aryl methyl sites for hydroxylation is 3. The molecule has 2 heterocycles. The average molecular weight is 837 g/mol. The van der Waals surface area contributed by atoms with E-state index in [1.54, 1.807) is 93.8 Å². The maximum Gasteiger partial charge on any atom is 0.278 e. The molecule has 0 amide bonds. The highest BCUT2D eigenvalue weighted by Gasteiger charge is 2.40. The number of benzene rings is 3. The molecule has 19 heteroatoms. The van der Waals surface area contributed by atoms with Crippen molar-refractivity contribution in [3.63, 3.8) is 0 Å². The van der Waals surface area contributed by atoms with Crippen LogP contribution in [0.25, 0.3) is 0 Å². The van der Waals surface area contributed by atoms with Gasteiger partial charge in [-0.15, -0.1) is 46.2 Å². The molecule has 12 nitrogen and oxygen atoms in total. The van der Waals surface area contributed by atoms with Gasteiger partial charge in [0.1, 0.15) is 11.7 Å². The Morgan fingerprint density at radius 3 is 1.42 bits per heavy atom. The molecule has 0 atom stereocenters. The van der Waals surface area contributed by atoms with E-state index in [1.807, 2.05) is 6.26 Å². The Morgan fingerprint density at radius 2 is 1.02 bits per heavy atom. The van der Waals surface area contributed by atoms with Gasteiger partial charge in [-0.25, -0.2) is 8.42 Å². The smallest absolute Gasteiger partial charge is 0.278 e. The van der Waals surface area contributed by atoms with Crippen LogP contribution in [-0.2, 0) is 30.1 Å². The van der Waals surface area contributed by atoms with Crippen molar-refractivity contribution in [2.24, 2.45) is 11.5 Å². The molecule has 52 heavy (non-hydrogen) atoms. The number of nitrogens with zero attached hydrogens (tertiary/aromatic N) is 1. The fourth-order valence-electron chi connectivity index (χ4n) is 4.82. The number of nitrogen functional groups attached to an aromatic ring is 2. The summed E-state index contributed by atoms with van der Waals surface area (Å²) in [6.45, 7) is 4.96. The molecule has 0 aliphatic carbocycles. The lowest BCUT2D eigenvalue weighted by Crippen LogP contribution is -2.37. The number of thiophene rings is 2. The first-order valence-electron chi connectivity index (χ1n) is 14.9. The summed E-state index contributed by atoms with van der Waals surface area (Å²) in [6, 6.07) is 22.1. The maximum absolute atomic E-state index is 13.8. The van der Waals surface area contributed by atoms with Crippen molar-refractivity contribution in [1.29, 1.82) is 10.8 Å². The number of amidine groups is 2. The average Bonchev–Trinajstić information content (AvgIpc) is 3.69. The predicted octanol–water partition coefficient (Wildman–Crippen LogP) is 6.82. The first-order valence-corrected chi connectivity index (χ1v) is 23.4. The van der Waals surface area contributed by atoms with E-state index in [2.05, 4.69) is 4.72 Å². The number of nitrogens with one attached hydrogen (secondary N) is 3. The second-order valence-electron chi connectivity index (χ2n) is 10.9. The second-order valence-corrected chi connectivity index (χ2v) is 20.6. The molecule has 0 radical (unpaired) electrons. The summed E-state index contributed by atoms with van der Waals surface area (Å²) in [6.07, 6.45) is 3.56. The van der Waals surface area contributed by atoms with Crippen LogP contribution in [0.15, 0.2) is 108 Å². The van der Waals surface area contributed by atoms with Gasteiger partial charge in [-0.2, -0.15) is 20.5 Å². The van der Waals surface area contributed by atoms with Crippen molar-refractivity contribution < 1.29 is 25.3 Å². The predicted molar refractivity (Wildman–Crippen MR) is 215 cm³/mol. The minimum Gasteiger partial charge on any atom is -0.383 e. The SMILES string of the molecule is CSc1sc(C(=N)N)cc1N(S(=O)(=O)c1ccccc1C)S(=O)(=O)c1ccccc1C.CSc1sc(C(=N)N)cc1NS(=O)(=O)c1ccccc1C. The Balaban J connectivity index is 0.000000251. The molecule has 3 aromatic carbocycles. The zero-order valence-electron chi connectivity index (χ0n) is 28.5. The highest BCUT2D eigenvalue weighted by atomic mass is 32.3. The van der Waals surface area contributed by atoms with Gasteiger partial charge >= 0.3 is 0 Å². The Bertz CT molecular complexity index is 2400. The van der Waals surface area contributed by atoms with Gasteiger partial charge in [0.25, 0.3) is 30.1 Å². The molecule has 7 N–H and O–H groups in total. The van der Waals surface area contributed by atoms with Crippen LogP contribution in [-0.4, -0.2) is 49.4 Å². The van der Waals surface area contributed by atoms with Crippen molar-refractivity contribution in [3.8, 4) is 0 Å². The molecule has 5 aromatic rings. The molecule has 0 saturated carbocycles. The van der Waals surface area contributed by atoms with E-state index in [-0.39, 0.29) is 36.9 Å². The van der Waals surface area contributed by atoms with Crippen molar-refractivity contribution in [3.05, 3.63) is 111 Å². The van der Waals surface area contributed by atoms with Gasteiger partial charge in [0, 0.05) is 0 Å². The quantitative estimate of drug-likeness (QED) is 0.0502. The normalized spacial score (nSPS) is 11.7. The van der Waals surface area contributed by atoms with E-state index in [0.29, 0.717) is 35.2 Å². The van der Waals surface area contributed by atoms with Crippen LogP contribution in [0, 0.1) is 31.6 Å². The standard InChI is InChI=1S/C20H21N3O4S4.C13H15N3O2S3/c1-13-8-4-6-10-17(13)30(24,25)23(15-12-16(19(21)22)29-20(15)28-3)31(26,27)18-11-7-5-9-14(18)2;1-8-5-3-4-6-11(8)21(17,18)16-9-7-10(12(14)15)20-13(9)19-2/h4-12H,1-3H3,(H3,21,22);3-7,16H,1-2H3,(H3,14,15). The van der Waals surface area contributed by atoms with E-state index in [9.17, 15) is 25.3 Å². The van der Waals surface area contributed by atoms with Crippen LogP contribution < -0.4 is 19.9 Å². The molecular weight excluding hydrogens is 801 g/mol. The monoisotopic (exact) mass is 836 g/mol. The molecule has 276 valence electrons. The molecule has 0 fully saturated rings. The highest BCUT2D eigenvalue weighted by molar-refractivity contribution is 8.10. The molecule has 0 saturated heterocycles. The first kappa shape index (κ1) is 40.9. The summed E-state index contributed by atoms with van der Waals surface area (Å²) in [5.74, 6) is -0.343. The van der Waals surface area contributed by atoms with E-state index in [1.165, 1.54) is 53.1 Å². The van der Waals surface area contributed by atoms with Crippen LogP contribution in [0.4, 0.5) is 11.4 Å². The molecule has 5 rings (SSSR count). The van der Waals surface area contributed by atoms with Gasteiger partial charge in [-0.05, 0) is 80.3 Å². The summed E-state index contributed by atoms with van der Waals surface area (Å²) in [5, 5.41) is 15.2. The molecule has 0 spiro atoms. The van der Waals surface area contributed by atoms with Gasteiger partial charge in [0.05, 0.1) is 44.2 Å². The Hall–Kier alpha value is -3.85. The largest absolute Gasteiger partial charge is 0.383 e. The summed E-state index contributed by atoms with van der Waals surface area (Å²) in [5.41, 5.74) is 13.0. The number of hydrogen-bond acceptors (Lipinski definition) is 12. The molecule has 0 bridgehead atoms. The van der Waals surface area contributed by atoms with Gasteiger partial charge in [-0.3, -0.25) is 15.5 Å².